The van der Waals surface area contributed by atoms with Gasteiger partial charge in [0.25, 0.3) is 0 Å². The molecule has 0 aromatic rings. The van der Waals surface area contributed by atoms with Crippen molar-refractivity contribution in [3.05, 3.63) is 0 Å². The molecule has 3 fully saturated rings. The molecule has 5 atom stereocenters. The number of fused-ring (bicyclic) bond motifs is 3. The first-order valence-corrected chi connectivity index (χ1v) is 8.85. The van der Waals surface area contributed by atoms with Crippen LogP contribution in [-0.4, -0.2) is 0 Å². The van der Waals surface area contributed by atoms with Crippen molar-refractivity contribution >= 4 is 0 Å². The van der Waals surface area contributed by atoms with Crippen LogP contribution in [0.25, 0.3) is 0 Å². The summed E-state index contributed by atoms with van der Waals surface area (Å²) in [4.78, 5) is 0. The van der Waals surface area contributed by atoms with Gasteiger partial charge in [-0.1, -0.05) is 53.9 Å². The highest BCUT2D eigenvalue weighted by Crippen LogP contribution is 2.64. The molecule has 5 unspecified atom stereocenters. The number of rotatable bonds is 0. The van der Waals surface area contributed by atoms with Gasteiger partial charge in [-0.25, -0.2) is 0 Å². The Kier molecular flexibility index (Phi) is 3.31. The fourth-order valence-corrected chi connectivity index (χ4v) is 6.12. The van der Waals surface area contributed by atoms with Gasteiger partial charge in [0.15, 0.2) is 0 Å². The Labute approximate surface area is 120 Å². The lowest BCUT2D eigenvalue weighted by molar-refractivity contribution is -0.134. The van der Waals surface area contributed by atoms with Crippen molar-refractivity contribution in [1.29, 1.82) is 0 Å². The summed E-state index contributed by atoms with van der Waals surface area (Å²) in [5.74, 6) is 5.13. The van der Waals surface area contributed by atoms with Crippen LogP contribution in [0.1, 0.15) is 79.6 Å². The van der Waals surface area contributed by atoms with E-state index in [2.05, 4.69) is 34.6 Å². The Hall–Kier alpha value is 0. The van der Waals surface area contributed by atoms with Gasteiger partial charge >= 0.3 is 0 Å². The second kappa shape index (κ2) is 4.50. The monoisotopic (exact) mass is 262 g/mol. The van der Waals surface area contributed by atoms with Crippen molar-refractivity contribution < 1.29 is 0 Å². The molecule has 3 rings (SSSR count). The third kappa shape index (κ3) is 1.92. The molecule has 0 heteroatoms. The predicted molar refractivity (Wildman–Crippen MR) is 83.0 cm³/mol. The molecule has 0 aromatic heterocycles. The van der Waals surface area contributed by atoms with E-state index >= 15 is 0 Å². The van der Waals surface area contributed by atoms with E-state index in [0.717, 1.165) is 29.6 Å². The van der Waals surface area contributed by atoms with E-state index in [1.54, 1.807) is 19.3 Å². The van der Waals surface area contributed by atoms with Crippen LogP contribution in [0.2, 0.25) is 0 Å². The first-order chi connectivity index (χ1) is 8.85. The van der Waals surface area contributed by atoms with E-state index in [9.17, 15) is 0 Å². The van der Waals surface area contributed by atoms with Crippen molar-refractivity contribution in [2.45, 2.75) is 79.6 Å². The van der Waals surface area contributed by atoms with E-state index in [1.165, 1.54) is 25.7 Å². The molecule has 110 valence electrons. The first-order valence-electron chi connectivity index (χ1n) is 8.85. The van der Waals surface area contributed by atoms with Gasteiger partial charge in [-0.15, -0.1) is 0 Å². The van der Waals surface area contributed by atoms with Crippen molar-refractivity contribution in [2.75, 3.05) is 0 Å². The van der Waals surface area contributed by atoms with Crippen molar-refractivity contribution in [3.8, 4) is 0 Å². The normalized spacial score (nSPS) is 48.2. The molecular weight excluding hydrogens is 228 g/mol. The number of hydrogen-bond donors (Lipinski definition) is 0. The van der Waals surface area contributed by atoms with Crippen LogP contribution in [0.5, 0.6) is 0 Å². The van der Waals surface area contributed by atoms with Crippen molar-refractivity contribution in [1.82, 2.24) is 0 Å². The van der Waals surface area contributed by atoms with E-state index in [-0.39, 0.29) is 0 Å². The molecule has 3 aliphatic rings. The molecule has 0 spiro atoms. The van der Waals surface area contributed by atoms with Crippen LogP contribution in [0.3, 0.4) is 0 Å². The number of hydrogen-bond acceptors (Lipinski definition) is 0. The maximum Gasteiger partial charge on any atom is -0.0269 e. The molecule has 0 aliphatic heterocycles. The third-order valence-electron chi connectivity index (χ3n) is 8.33. The van der Waals surface area contributed by atoms with E-state index < -0.39 is 0 Å². The molecule has 0 saturated heterocycles. The van der Waals surface area contributed by atoms with Crippen molar-refractivity contribution in [3.63, 3.8) is 0 Å². The first kappa shape index (κ1) is 14.0. The predicted octanol–water partition coefficient (Wildman–Crippen LogP) is 5.91. The van der Waals surface area contributed by atoms with Gasteiger partial charge in [-0.3, -0.25) is 0 Å². The van der Waals surface area contributed by atoms with Crippen LogP contribution in [0, 0.1) is 40.4 Å². The lowest BCUT2D eigenvalue weighted by Crippen LogP contribution is -2.55. The Bertz CT molecular complexity index is 338. The van der Waals surface area contributed by atoms with Gasteiger partial charge in [0.05, 0.1) is 0 Å². The highest BCUT2D eigenvalue weighted by atomic mass is 14.6. The molecule has 0 heterocycles. The maximum atomic E-state index is 2.59. The zero-order chi connectivity index (χ0) is 13.8. The van der Waals surface area contributed by atoms with E-state index in [1.807, 2.05) is 0 Å². The largest absolute Gasteiger partial charge is 0.0620 e. The summed E-state index contributed by atoms with van der Waals surface area (Å²) >= 11 is 0. The van der Waals surface area contributed by atoms with Gasteiger partial charge in [0.1, 0.15) is 0 Å². The molecule has 0 aromatic carbocycles. The summed E-state index contributed by atoms with van der Waals surface area (Å²) in [6.45, 7) is 12.8. The van der Waals surface area contributed by atoms with Crippen LogP contribution in [0.15, 0.2) is 0 Å². The highest BCUT2D eigenvalue weighted by molar-refractivity contribution is 5.05. The Morgan fingerprint density at radius 3 is 2.16 bits per heavy atom. The Balaban J connectivity index is 1.90. The summed E-state index contributed by atoms with van der Waals surface area (Å²) in [6.07, 6.45) is 10.7. The summed E-state index contributed by atoms with van der Waals surface area (Å²) in [5, 5.41) is 0. The quantitative estimate of drug-likeness (QED) is 0.509. The minimum Gasteiger partial charge on any atom is -0.0620 e. The van der Waals surface area contributed by atoms with Crippen LogP contribution in [-0.2, 0) is 0 Å². The Morgan fingerprint density at radius 2 is 1.42 bits per heavy atom. The fourth-order valence-electron chi connectivity index (χ4n) is 6.12. The van der Waals surface area contributed by atoms with Gasteiger partial charge < -0.3 is 0 Å². The summed E-state index contributed by atoms with van der Waals surface area (Å²) < 4.78 is 0. The summed E-state index contributed by atoms with van der Waals surface area (Å²) in [7, 11) is 0. The minimum atomic E-state index is 0.510. The minimum absolute atomic E-state index is 0.510. The van der Waals surface area contributed by atoms with Crippen LogP contribution < -0.4 is 0 Å². The summed E-state index contributed by atoms with van der Waals surface area (Å²) in [6, 6.07) is 0. The molecule has 3 saturated carbocycles. The SMILES string of the molecule is CC1CC2C3CCCCC3CCC2C(C)(C)C1(C)C. The zero-order valence-corrected chi connectivity index (χ0v) is 13.8. The summed E-state index contributed by atoms with van der Waals surface area (Å²) in [5.41, 5.74) is 1.04. The molecule has 0 radical (unpaired) electrons. The molecule has 0 N–H and O–H groups in total. The fraction of sp³-hybridized carbons (Fsp3) is 1.00. The zero-order valence-electron chi connectivity index (χ0n) is 13.8. The van der Waals surface area contributed by atoms with Gasteiger partial charge in [0, 0.05) is 0 Å². The molecule has 0 nitrogen and oxygen atoms in total. The van der Waals surface area contributed by atoms with E-state index in [4.69, 9.17) is 0 Å². The smallest absolute Gasteiger partial charge is 0.0269 e. The van der Waals surface area contributed by atoms with Gasteiger partial charge in [-0.2, -0.15) is 0 Å². The average Bonchev–Trinajstić information content (AvgIpc) is 2.37. The maximum absolute atomic E-state index is 2.59. The van der Waals surface area contributed by atoms with E-state index in [0.29, 0.717) is 10.8 Å². The topological polar surface area (TPSA) is 0 Å². The molecular formula is C19H34. The molecule has 0 amide bonds. The molecule has 3 aliphatic carbocycles. The second-order valence-electron chi connectivity index (χ2n) is 9.14. The van der Waals surface area contributed by atoms with Gasteiger partial charge in [0.2, 0.25) is 0 Å². The molecule has 19 heavy (non-hydrogen) atoms. The second-order valence-corrected chi connectivity index (χ2v) is 9.14. The molecule has 0 bridgehead atoms. The van der Waals surface area contributed by atoms with Crippen LogP contribution >= 0.6 is 0 Å². The third-order valence-corrected chi connectivity index (χ3v) is 8.33. The standard InChI is InChI=1S/C19H34/c1-13-12-16-15-9-7-6-8-14(15)10-11-17(16)19(4,5)18(13,2)3/h13-17H,6-12H2,1-5H3. The lowest BCUT2D eigenvalue weighted by Gasteiger charge is -2.62. The Morgan fingerprint density at radius 1 is 0.737 bits per heavy atom. The highest BCUT2D eigenvalue weighted by Gasteiger charge is 2.56. The van der Waals surface area contributed by atoms with Gasteiger partial charge in [-0.05, 0) is 66.1 Å². The lowest BCUT2D eigenvalue weighted by atomic mass is 9.43. The average molecular weight is 262 g/mol. The van der Waals surface area contributed by atoms with Crippen molar-refractivity contribution in [2.24, 2.45) is 40.4 Å². The van der Waals surface area contributed by atoms with Crippen LogP contribution in [0.4, 0.5) is 0 Å².